The number of hydrogen-bond donors (Lipinski definition) is 0. The lowest BCUT2D eigenvalue weighted by molar-refractivity contribution is 0.195. The van der Waals surface area contributed by atoms with E-state index in [0.717, 1.165) is 34.0 Å². The summed E-state index contributed by atoms with van der Waals surface area (Å²) in [6, 6.07) is 81.7. The molecule has 11 aromatic rings. The fourth-order valence-electron chi connectivity index (χ4n) is 12.6. The van der Waals surface area contributed by atoms with Gasteiger partial charge in [0.2, 0.25) is 0 Å². The van der Waals surface area contributed by atoms with Gasteiger partial charge in [-0.05, 0) is 112 Å². The number of nitrogens with zero attached hydrogens (tertiary/aromatic N) is 2. The summed E-state index contributed by atoms with van der Waals surface area (Å²) in [5, 5.41) is 10.1. The zero-order valence-corrected chi connectivity index (χ0v) is 38.4. The highest BCUT2D eigenvalue weighted by Crippen LogP contribution is 2.61. The Hall–Kier alpha value is -7.40. The molecule has 1 saturated carbocycles. The molecule has 0 bridgehead atoms. The summed E-state index contributed by atoms with van der Waals surface area (Å²) >= 11 is 0. The smallest absolute Gasteiger partial charge is 0.179 e. The minimum absolute atomic E-state index is 0.0462. The number of benzene rings is 9. The second kappa shape index (κ2) is 14.8. The summed E-state index contributed by atoms with van der Waals surface area (Å²) in [5.74, 6) is 0. The second-order valence-corrected chi connectivity index (χ2v) is 22.9. The van der Waals surface area contributed by atoms with Gasteiger partial charge < -0.3 is 13.9 Å². The van der Waals surface area contributed by atoms with Gasteiger partial charge in [0, 0.05) is 44.0 Å². The van der Waals surface area contributed by atoms with E-state index >= 15 is 0 Å². The molecule has 9 aromatic carbocycles. The molecule has 0 amide bonds. The number of rotatable bonds is 7. The van der Waals surface area contributed by atoms with Crippen molar-refractivity contribution in [3.8, 4) is 16.8 Å². The van der Waals surface area contributed by atoms with Crippen LogP contribution in [0.3, 0.4) is 0 Å². The first-order valence-electron chi connectivity index (χ1n) is 23.6. The van der Waals surface area contributed by atoms with Gasteiger partial charge in [0.1, 0.15) is 11.2 Å². The Morgan fingerprint density at radius 2 is 1.06 bits per heavy atom. The van der Waals surface area contributed by atoms with Gasteiger partial charge in [-0.3, -0.25) is 0 Å². The molecule has 2 aromatic heterocycles. The third-order valence-electron chi connectivity index (χ3n) is 15.9. The molecular formula is C62H50N2OSi. The highest BCUT2D eigenvalue weighted by molar-refractivity contribution is 7.19. The lowest BCUT2D eigenvalue weighted by Crippen LogP contribution is -2.74. The van der Waals surface area contributed by atoms with Crippen LogP contribution in [0.5, 0.6) is 0 Å². The molecule has 13 rings (SSSR count). The van der Waals surface area contributed by atoms with Crippen molar-refractivity contribution in [3.63, 3.8) is 0 Å². The molecule has 1 fully saturated rings. The maximum atomic E-state index is 6.86. The molecule has 3 nitrogen and oxygen atoms in total. The summed E-state index contributed by atoms with van der Waals surface area (Å²) in [6.07, 6.45) is 4.86. The topological polar surface area (TPSA) is 21.3 Å². The van der Waals surface area contributed by atoms with E-state index in [-0.39, 0.29) is 11.0 Å². The molecule has 2 unspecified atom stereocenters. The predicted octanol–water partition coefficient (Wildman–Crippen LogP) is 13.5. The van der Waals surface area contributed by atoms with E-state index in [4.69, 9.17) is 4.42 Å². The summed E-state index contributed by atoms with van der Waals surface area (Å²) in [5.41, 5.74) is 11.8. The highest BCUT2D eigenvalue weighted by atomic mass is 28.3. The largest absolute Gasteiger partial charge is 0.456 e. The van der Waals surface area contributed by atoms with Crippen molar-refractivity contribution in [2.45, 2.75) is 50.5 Å². The Balaban J connectivity index is 1.11. The van der Waals surface area contributed by atoms with E-state index in [1.54, 1.807) is 0 Å². The standard InChI is InChI=1S/C62H50N2OSi/c1-61-37-17-18-38-62(61,2)64(56-33-16-15-32-54(56)61)45-35-36-55-51(40-45)52-42-59-53(60-50(31-20-34-58(60)65-59)43-21-7-3-8-22-43)41-57(52)63(55)44-23-19-30-49(39-44)66(46-24-9-4-10-25-46,47-26-11-5-12-27-47)48-28-13-6-14-29-48/h3-16,19-36,39-42H,17-18,37-38H2,1-2H3. The van der Waals surface area contributed by atoms with Crippen LogP contribution in [0.2, 0.25) is 0 Å². The number of furan rings is 1. The minimum atomic E-state index is -2.82. The molecule has 4 heteroatoms. The van der Waals surface area contributed by atoms with Gasteiger partial charge in [-0.2, -0.15) is 0 Å². The Bertz CT molecular complexity index is 3540. The average molecular weight is 867 g/mol. The summed E-state index contributed by atoms with van der Waals surface area (Å²) in [6.45, 7) is 5.05. The molecule has 2 aliphatic rings. The molecule has 66 heavy (non-hydrogen) atoms. The Morgan fingerprint density at radius 3 is 1.77 bits per heavy atom. The SMILES string of the molecule is CC12CCCCC1(C)N(c1ccc3c(c1)c1cc4oc5cccc(-c6ccccc6)c5c4cc1n3-c1cccc([Si](c3ccccc3)(c3ccccc3)c3ccccc3)c1)c1ccccc12. The van der Waals surface area contributed by atoms with Gasteiger partial charge in [-0.25, -0.2) is 0 Å². The van der Waals surface area contributed by atoms with Crippen molar-refractivity contribution < 1.29 is 4.42 Å². The second-order valence-electron chi connectivity index (χ2n) is 19.1. The molecule has 0 radical (unpaired) electrons. The van der Waals surface area contributed by atoms with E-state index in [2.05, 4.69) is 242 Å². The van der Waals surface area contributed by atoms with Crippen molar-refractivity contribution in [2.24, 2.45) is 0 Å². The summed E-state index contributed by atoms with van der Waals surface area (Å²) < 4.78 is 9.39. The van der Waals surface area contributed by atoms with Crippen molar-refractivity contribution in [3.05, 3.63) is 224 Å². The number of para-hydroxylation sites is 1. The van der Waals surface area contributed by atoms with Gasteiger partial charge in [-0.15, -0.1) is 0 Å². The van der Waals surface area contributed by atoms with Crippen molar-refractivity contribution in [1.82, 2.24) is 4.57 Å². The van der Waals surface area contributed by atoms with Crippen LogP contribution < -0.4 is 25.6 Å². The third-order valence-corrected chi connectivity index (χ3v) is 20.7. The van der Waals surface area contributed by atoms with Crippen LogP contribution in [0.15, 0.2) is 223 Å². The van der Waals surface area contributed by atoms with Crippen LogP contribution in [-0.2, 0) is 5.41 Å². The van der Waals surface area contributed by atoms with Crippen LogP contribution in [0, 0.1) is 0 Å². The normalized spacial score (nSPS) is 18.3. The molecule has 0 N–H and O–H groups in total. The van der Waals surface area contributed by atoms with E-state index in [9.17, 15) is 0 Å². The molecule has 1 aliphatic heterocycles. The monoisotopic (exact) mass is 866 g/mol. The number of hydrogen-bond acceptors (Lipinski definition) is 2. The zero-order chi connectivity index (χ0) is 44.0. The molecule has 0 spiro atoms. The fraction of sp³-hybridized carbons (Fsp3) is 0.129. The molecule has 0 saturated heterocycles. The van der Waals surface area contributed by atoms with Crippen LogP contribution in [-0.4, -0.2) is 18.2 Å². The van der Waals surface area contributed by atoms with Gasteiger partial charge in [-0.1, -0.05) is 184 Å². The molecule has 3 heterocycles. The van der Waals surface area contributed by atoms with Gasteiger partial charge in [0.05, 0.1) is 16.6 Å². The fourth-order valence-corrected chi connectivity index (χ4v) is 17.4. The Morgan fingerprint density at radius 1 is 0.455 bits per heavy atom. The zero-order valence-electron chi connectivity index (χ0n) is 37.4. The quantitative estimate of drug-likeness (QED) is 0.118. The number of aromatic nitrogens is 1. The minimum Gasteiger partial charge on any atom is -0.456 e. The van der Waals surface area contributed by atoms with Crippen LogP contribution in [0.25, 0.3) is 60.6 Å². The van der Waals surface area contributed by atoms with E-state index < -0.39 is 8.07 Å². The molecular weight excluding hydrogens is 817 g/mol. The van der Waals surface area contributed by atoms with Crippen LogP contribution >= 0.6 is 0 Å². The number of anilines is 2. The first kappa shape index (κ1) is 39.0. The van der Waals surface area contributed by atoms with Gasteiger partial charge in [0.15, 0.2) is 8.07 Å². The summed E-state index contributed by atoms with van der Waals surface area (Å²) in [7, 11) is -2.82. The molecule has 1 aliphatic carbocycles. The Kier molecular flexibility index (Phi) is 8.75. The first-order chi connectivity index (χ1) is 32.5. The maximum Gasteiger partial charge on any atom is 0.179 e. The van der Waals surface area contributed by atoms with Crippen molar-refractivity contribution in [1.29, 1.82) is 0 Å². The highest BCUT2D eigenvalue weighted by Gasteiger charge is 2.57. The van der Waals surface area contributed by atoms with E-state index in [1.165, 1.54) is 89.9 Å². The predicted molar refractivity (Wildman–Crippen MR) is 280 cm³/mol. The van der Waals surface area contributed by atoms with Crippen molar-refractivity contribution in [2.75, 3.05) is 4.90 Å². The van der Waals surface area contributed by atoms with Crippen LogP contribution in [0.4, 0.5) is 11.4 Å². The number of fused-ring (bicyclic) bond motifs is 9. The van der Waals surface area contributed by atoms with Gasteiger partial charge >= 0.3 is 0 Å². The third kappa shape index (κ3) is 5.48. The van der Waals surface area contributed by atoms with Crippen LogP contribution in [0.1, 0.15) is 45.1 Å². The molecule has 318 valence electrons. The lowest BCUT2D eigenvalue weighted by Gasteiger charge is -2.50. The average Bonchev–Trinajstić information content (AvgIpc) is 3.97. The molecule has 2 atom stereocenters. The summed E-state index contributed by atoms with van der Waals surface area (Å²) in [4.78, 5) is 2.70. The van der Waals surface area contributed by atoms with Crippen molar-refractivity contribution >= 4 is 83.9 Å². The maximum absolute atomic E-state index is 6.86. The lowest BCUT2D eigenvalue weighted by atomic mass is 9.61. The van der Waals surface area contributed by atoms with Gasteiger partial charge in [0.25, 0.3) is 0 Å². The van der Waals surface area contributed by atoms with E-state index in [1.807, 2.05) is 0 Å². The Labute approximate surface area is 387 Å². The first-order valence-corrected chi connectivity index (χ1v) is 25.6. The van der Waals surface area contributed by atoms with E-state index in [0.29, 0.717) is 0 Å².